The van der Waals surface area contributed by atoms with Crippen LogP contribution >= 0.6 is 0 Å². The maximum absolute atomic E-state index is 13.1. The van der Waals surface area contributed by atoms with Crippen molar-refractivity contribution in [2.45, 2.75) is 32.7 Å². The minimum Gasteiger partial charge on any atom is -0.490 e. The summed E-state index contributed by atoms with van der Waals surface area (Å²) in [4.78, 5) is 24.5. The summed E-state index contributed by atoms with van der Waals surface area (Å²) in [6.45, 7) is 3.88. The number of rotatable bonds is 13. The fraction of sp³-hybridized carbons (Fsp3) is 0.258. The lowest BCUT2D eigenvalue weighted by Crippen LogP contribution is -2.45. The van der Waals surface area contributed by atoms with Crippen molar-refractivity contribution < 1.29 is 38.0 Å². The molecule has 3 aromatic carbocycles. The van der Waals surface area contributed by atoms with Gasteiger partial charge in [-0.25, -0.2) is 14.0 Å². The highest BCUT2D eigenvalue weighted by atomic mass is 19.1. The van der Waals surface area contributed by atoms with E-state index in [0.717, 1.165) is 11.1 Å². The van der Waals surface area contributed by atoms with Crippen LogP contribution < -0.4 is 30.3 Å². The van der Waals surface area contributed by atoms with Crippen molar-refractivity contribution in [3.05, 3.63) is 101 Å². The minimum atomic E-state index is -1.15. The first-order chi connectivity index (χ1) is 20.8. The monoisotopic (exact) mass is 592 g/mol. The summed E-state index contributed by atoms with van der Waals surface area (Å²) in [5, 5.41) is 19.8. The molecule has 2 atom stereocenters. The highest BCUT2D eigenvalue weighted by molar-refractivity contribution is 5.95. The molecule has 1 heterocycles. The second kappa shape index (κ2) is 14.7. The molecule has 0 aromatic heterocycles. The molecular formula is C31H33FN4O7. The maximum atomic E-state index is 13.1. The molecule has 0 saturated heterocycles. The Labute approximate surface area is 248 Å². The number of nitrogens with one attached hydrogen (secondary N) is 3. The zero-order valence-electron chi connectivity index (χ0n) is 23.9. The van der Waals surface area contributed by atoms with Crippen LogP contribution in [0.2, 0.25) is 0 Å². The largest absolute Gasteiger partial charge is 0.490 e. The number of halogens is 1. The number of ether oxygens (including phenoxy) is 4. The first-order valence-electron chi connectivity index (χ1n) is 13.5. The normalized spacial score (nSPS) is 15.4. The van der Waals surface area contributed by atoms with Crippen molar-refractivity contribution in [3.8, 4) is 17.2 Å². The molecular weight excluding hydrogens is 559 g/mol. The summed E-state index contributed by atoms with van der Waals surface area (Å²) < 4.78 is 35.3. The summed E-state index contributed by atoms with van der Waals surface area (Å²) in [6.07, 6.45) is 0.374. The molecule has 11 nitrogen and oxygen atoms in total. The van der Waals surface area contributed by atoms with Crippen LogP contribution in [0.3, 0.4) is 0 Å². The number of esters is 1. The van der Waals surface area contributed by atoms with Gasteiger partial charge in [-0.15, -0.1) is 0 Å². The zero-order chi connectivity index (χ0) is 30.8. The fourth-order valence-electron chi connectivity index (χ4n) is 4.25. The van der Waals surface area contributed by atoms with Crippen molar-refractivity contribution in [2.75, 3.05) is 20.3 Å². The molecule has 4 N–H and O–H groups in total. The molecule has 2 amide bonds. The van der Waals surface area contributed by atoms with Crippen molar-refractivity contribution in [1.29, 1.82) is 0 Å². The third kappa shape index (κ3) is 8.46. The smallest absolute Gasteiger partial charge is 0.337 e. The van der Waals surface area contributed by atoms with Gasteiger partial charge in [0.1, 0.15) is 24.8 Å². The van der Waals surface area contributed by atoms with E-state index < -0.39 is 24.3 Å². The number of carbonyl (C=O) groups is 2. The molecule has 0 bridgehead atoms. The Balaban J connectivity index is 1.35. The SMILES string of the molecule is CCOc1cc([C@H]2NC(=O)NC(C)=C2C(=O)OC)ccc1OC[C@H](O)N/N=C/c1cccc(OCc2ccc(F)cc2)c1. The number of urea groups is 1. The van der Waals surface area contributed by atoms with Gasteiger partial charge < -0.3 is 34.7 Å². The van der Waals surface area contributed by atoms with Crippen molar-refractivity contribution in [2.24, 2.45) is 5.10 Å². The van der Waals surface area contributed by atoms with Crippen molar-refractivity contribution in [3.63, 3.8) is 0 Å². The lowest BCUT2D eigenvalue weighted by Gasteiger charge is -2.28. The molecule has 0 fully saturated rings. The van der Waals surface area contributed by atoms with Crippen LogP contribution in [0.15, 0.2) is 83.1 Å². The Morgan fingerprint density at radius 3 is 2.63 bits per heavy atom. The molecule has 3 aromatic rings. The summed E-state index contributed by atoms with van der Waals surface area (Å²) >= 11 is 0. The van der Waals surface area contributed by atoms with Gasteiger partial charge in [0.2, 0.25) is 0 Å². The third-order valence-electron chi connectivity index (χ3n) is 6.29. The van der Waals surface area contributed by atoms with E-state index in [1.807, 2.05) is 6.07 Å². The van der Waals surface area contributed by atoms with E-state index in [9.17, 15) is 19.1 Å². The van der Waals surface area contributed by atoms with E-state index in [0.29, 0.717) is 35.1 Å². The number of allylic oxidation sites excluding steroid dienone is 1. The van der Waals surface area contributed by atoms with Crippen LogP contribution in [0, 0.1) is 5.82 Å². The van der Waals surface area contributed by atoms with E-state index in [-0.39, 0.29) is 24.6 Å². The Kier molecular flexibility index (Phi) is 10.5. The summed E-state index contributed by atoms with van der Waals surface area (Å²) in [7, 11) is 1.27. The van der Waals surface area contributed by atoms with Gasteiger partial charge in [-0.2, -0.15) is 5.10 Å². The van der Waals surface area contributed by atoms with Gasteiger partial charge in [0, 0.05) is 5.70 Å². The topological polar surface area (TPSA) is 140 Å². The van der Waals surface area contributed by atoms with Crippen LogP contribution in [0.25, 0.3) is 0 Å². The lowest BCUT2D eigenvalue weighted by molar-refractivity contribution is -0.136. The second-order valence-electron chi connectivity index (χ2n) is 9.40. The molecule has 0 aliphatic carbocycles. The van der Waals surface area contributed by atoms with Crippen molar-refractivity contribution >= 4 is 18.2 Å². The van der Waals surface area contributed by atoms with E-state index in [1.54, 1.807) is 62.4 Å². The van der Waals surface area contributed by atoms with E-state index >= 15 is 0 Å². The minimum absolute atomic E-state index is 0.159. The summed E-state index contributed by atoms with van der Waals surface area (Å²) in [6, 6.07) is 17.0. The van der Waals surface area contributed by atoms with Gasteiger partial charge >= 0.3 is 12.0 Å². The first kappa shape index (κ1) is 30.8. The number of aliphatic hydroxyl groups is 1. The molecule has 4 rings (SSSR count). The van der Waals surface area contributed by atoms with Crippen LogP contribution in [-0.2, 0) is 16.1 Å². The molecule has 1 aliphatic heterocycles. The van der Waals surface area contributed by atoms with E-state index in [2.05, 4.69) is 21.2 Å². The number of amides is 2. The number of hydrogen-bond acceptors (Lipinski definition) is 9. The third-order valence-corrected chi connectivity index (χ3v) is 6.29. The van der Waals surface area contributed by atoms with Crippen LogP contribution in [-0.4, -0.2) is 49.9 Å². The van der Waals surface area contributed by atoms with Gasteiger partial charge in [0.05, 0.1) is 31.5 Å². The molecule has 0 spiro atoms. The van der Waals surface area contributed by atoms with Crippen molar-refractivity contribution in [1.82, 2.24) is 16.1 Å². The predicted octanol–water partition coefficient (Wildman–Crippen LogP) is 3.93. The molecule has 43 heavy (non-hydrogen) atoms. The number of methoxy groups -OCH3 is 1. The molecule has 226 valence electrons. The van der Waals surface area contributed by atoms with Gasteiger partial charge in [-0.05, 0) is 66.9 Å². The number of hydrazone groups is 1. The number of benzene rings is 3. The standard InChI is InChI=1S/C31H33FN4O7/c1-4-41-26-15-22(29-28(30(38)40-3)19(2)34-31(39)35-29)10-13-25(26)43-18-27(37)36-33-16-21-6-5-7-24(14-21)42-17-20-8-11-23(32)12-9-20/h5-16,27,29,36-37H,4,17-18H2,1-3H3,(H2,34,35,39)/b33-16+/t27-,29+/m0/s1. The van der Waals surface area contributed by atoms with Crippen LogP contribution in [0.4, 0.5) is 9.18 Å². The molecule has 12 heteroatoms. The Hall–Kier alpha value is -5.10. The molecule has 0 radical (unpaired) electrons. The number of carbonyl (C=O) groups excluding carboxylic acids is 2. The number of nitrogens with zero attached hydrogens (tertiary/aromatic N) is 1. The lowest BCUT2D eigenvalue weighted by atomic mass is 9.95. The fourth-order valence-corrected chi connectivity index (χ4v) is 4.25. The molecule has 0 unspecified atom stereocenters. The molecule has 1 aliphatic rings. The average Bonchev–Trinajstić information content (AvgIpc) is 3.00. The Morgan fingerprint density at radius 1 is 1.09 bits per heavy atom. The van der Waals surface area contributed by atoms with E-state index in [4.69, 9.17) is 18.9 Å². The first-order valence-corrected chi connectivity index (χ1v) is 13.5. The highest BCUT2D eigenvalue weighted by Crippen LogP contribution is 2.35. The highest BCUT2D eigenvalue weighted by Gasteiger charge is 2.32. The maximum Gasteiger partial charge on any atom is 0.337 e. The zero-order valence-corrected chi connectivity index (χ0v) is 23.9. The van der Waals surface area contributed by atoms with Gasteiger partial charge in [-0.1, -0.05) is 30.3 Å². The van der Waals surface area contributed by atoms with Gasteiger partial charge in [0.15, 0.2) is 17.7 Å². The summed E-state index contributed by atoms with van der Waals surface area (Å²) in [5.74, 6) is 0.441. The quantitative estimate of drug-likeness (QED) is 0.101. The Bertz CT molecular complexity index is 1490. The number of aliphatic hydroxyl groups excluding tert-OH is 1. The van der Waals surface area contributed by atoms with Gasteiger partial charge in [-0.3, -0.25) is 5.43 Å². The predicted molar refractivity (Wildman–Crippen MR) is 156 cm³/mol. The average molecular weight is 593 g/mol. The van der Waals surface area contributed by atoms with Crippen LogP contribution in [0.1, 0.15) is 36.6 Å². The van der Waals surface area contributed by atoms with Crippen LogP contribution in [0.5, 0.6) is 17.2 Å². The number of hydrogen-bond donors (Lipinski definition) is 4. The Morgan fingerprint density at radius 2 is 1.88 bits per heavy atom. The summed E-state index contributed by atoms with van der Waals surface area (Å²) in [5.41, 5.74) is 5.40. The second-order valence-corrected chi connectivity index (χ2v) is 9.40. The molecule has 0 saturated carbocycles. The van der Waals surface area contributed by atoms with E-state index in [1.165, 1.54) is 25.5 Å². The van der Waals surface area contributed by atoms with Gasteiger partial charge in [0.25, 0.3) is 0 Å².